The first-order valence-electron chi connectivity index (χ1n) is 8.31. The highest BCUT2D eigenvalue weighted by atomic mass is 32.1. The van der Waals surface area contributed by atoms with E-state index >= 15 is 0 Å². The van der Waals surface area contributed by atoms with Crippen molar-refractivity contribution in [3.8, 4) is 17.7 Å². The molecule has 0 amide bonds. The van der Waals surface area contributed by atoms with Gasteiger partial charge in [0.1, 0.15) is 17.3 Å². The Morgan fingerprint density at radius 3 is 2.84 bits per heavy atom. The summed E-state index contributed by atoms with van der Waals surface area (Å²) in [5, 5.41) is 0. The molecule has 1 aromatic heterocycles. The van der Waals surface area contributed by atoms with E-state index in [1.165, 1.54) is 25.0 Å². The van der Waals surface area contributed by atoms with Crippen LogP contribution in [0, 0.1) is 29.4 Å². The standard InChI is InChI=1S/C18H17F2N3OS/c19-14-7-12(8-15(20)9-14)3-2-6-24-18-17(21-25-22-18)16-11-23-5-1-4-13(16)10-23/h7-9,13,16H,1,4-6,10-11H2/t13-,16-/m0/s1. The Morgan fingerprint density at radius 2 is 2.04 bits per heavy atom. The fraction of sp³-hybridized carbons (Fsp3) is 0.444. The van der Waals surface area contributed by atoms with Crippen molar-refractivity contribution in [3.63, 3.8) is 0 Å². The second-order valence-corrected chi connectivity index (χ2v) is 7.00. The fourth-order valence-electron chi connectivity index (χ4n) is 3.70. The van der Waals surface area contributed by atoms with Gasteiger partial charge in [0.25, 0.3) is 0 Å². The molecule has 2 fully saturated rings. The predicted octanol–water partition coefficient (Wildman–Crippen LogP) is 3.06. The molecule has 2 aromatic rings. The van der Waals surface area contributed by atoms with E-state index in [4.69, 9.17) is 4.74 Å². The Labute approximate surface area is 149 Å². The van der Waals surface area contributed by atoms with E-state index in [1.807, 2.05) is 0 Å². The monoisotopic (exact) mass is 361 g/mol. The van der Waals surface area contributed by atoms with Gasteiger partial charge in [-0.3, -0.25) is 0 Å². The van der Waals surface area contributed by atoms with Crippen LogP contribution in [0.2, 0.25) is 0 Å². The Bertz CT molecular complexity index is 809. The Morgan fingerprint density at radius 1 is 1.20 bits per heavy atom. The van der Waals surface area contributed by atoms with E-state index in [0.717, 1.165) is 43.1 Å². The van der Waals surface area contributed by atoms with Gasteiger partial charge in [0, 0.05) is 30.6 Å². The van der Waals surface area contributed by atoms with E-state index in [-0.39, 0.29) is 12.2 Å². The van der Waals surface area contributed by atoms with Crippen LogP contribution in [0.4, 0.5) is 8.78 Å². The Hall–Kier alpha value is -2.04. The van der Waals surface area contributed by atoms with Crippen LogP contribution >= 0.6 is 11.7 Å². The number of piperidine rings is 1. The molecule has 4 rings (SSSR count). The molecular formula is C18H17F2N3OS. The maximum Gasteiger partial charge on any atom is 0.250 e. The third-order valence-corrected chi connectivity index (χ3v) is 5.30. The molecule has 130 valence electrons. The largest absolute Gasteiger partial charge is 0.463 e. The van der Waals surface area contributed by atoms with Crippen LogP contribution in [-0.2, 0) is 0 Å². The first-order chi connectivity index (χ1) is 12.2. The number of fused-ring (bicyclic) bond motifs is 2. The van der Waals surface area contributed by atoms with Crippen molar-refractivity contribution in [1.82, 2.24) is 13.6 Å². The molecule has 3 atom stereocenters. The minimum atomic E-state index is -0.640. The Kier molecular flexibility index (Phi) is 4.64. The lowest BCUT2D eigenvalue weighted by Crippen LogP contribution is -2.25. The van der Waals surface area contributed by atoms with Crippen molar-refractivity contribution in [3.05, 3.63) is 41.1 Å². The van der Waals surface area contributed by atoms with Crippen molar-refractivity contribution in [2.75, 3.05) is 26.2 Å². The van der Waals surface area contributed by atoms with Crippen LogP contribution in [0.15, 0.2) is 18.2 Å². The zero-order chi connectivity index (χ0) is 17.2. The molecule has 0 radical (unpaired) electrons. The summed E-state index contributed by atoms with van der Waals surface area (Å²) in [7, 11) is 0. The molecule has 0 spiro atoms. The maximum absolute atomic E-state index is 13.1. The predicted molar refractivity (Wildman–Crippen MR) is 90.5 cm³/mol. The highest BCUT2D eigenvalue weighted by Gasteiger charge is 2.39. The quantitative estimate of drug-likeness (QED) is 0.788. The highest BCUT2D eigenvalue weighted by Crippen LogP contribution is 2.40. The smallest absolute Gasteiger partial charge is 0.250 e. The van der Waals surface area contributed by atoms with Gasteiger partial charge in [0.2, 0.25) is 5.88 Å². The third kappa shape index (κ3) is 3.65. The summed E-state index contributed by atoms with van der Waals surface area (Å²) in [5.74, 6) is 5.75. The average Bonchev–Trinajstić information content (AvgIpc) is 3.14. The molecule has 0 aliphatic carbocycles. The summed E-state index contributed by atoms with van der Waals surface area (Å²) in [6, 6.07) is 3.21. The topological polar surface area (TPSA) is 38.3 Å². The van der Waals surface area contributed by atoms with Gasteiger partial charge in [0.15, 0.2) is 6.61 Å². The normalized spacial score (nSPS) is 24.6. The van der Waals surface area contributed by atoms with Crippen molar-refractivity contribution < 1.29 is 13.5 Å². The number of rotatable bonds is 3. The molecule has 2 aliphatic heterocycles. The van der Waals surface area contributed by atoms with Crippen molar-refractivity contribution in [2.24, 2.45) is 5.92 Å². The van der Waals surface area contributed by atoms with Gasteiger partial charge in [-0.15, -0.1) is 4.37 Å². The average molecular weight is 361 g/mol. The lowest BCUT2D eigenvalue weighted by molar-refractivity contribution is 0.269. The van der Waals surface area contributed by atoms with Crippen LogP contribution in [0.1, 0.15) is 30.0 Å². The van der Waals surface area contributed by atoms with Crippen LogP contribution in [0.3, 0.4) is 0 Å². The zero-order valence-electron chi connectivity index (χ0n) is 13.5. The first kappa shape index (κ1) is 16.4. The molecule has 1 aromatic carbocycles. The number of aromatic nitrogens is 2. The summed E-state index contributed by atoms with van der Waals surface area (Å²) >= 11 is 1.15. The van der Waals surface area contributed by atoms with Crippen LogP contribution < -0.4 is 4.74 Å². The van der Waals surface area contributed by atoms with Gasteiger partial charge in [-0.2, -0.15) is 4.37 Å². The molecule has 0 N–H and O–H groups in total. The molecule has 1 unspecified atom stereocenters. The zero-order valence-corrected chi connectivity index (χ0v) is 14.4. The molecule has 25 heavy (non-hydrogen) atoms. The number of halogens is 2. The second kappa shape index (κ2) is 7.06. The first-order valence-corrected chi connectivity index (χ1v) is 9.04. The second-order valence-electron chi connectivity index (χ2n) is 6.47. The van der Waals surface area contributed by atoms with Gasteiger partial charge in [0.05, 0.1) is 11.7 Å². The lowest BCUT2D eigenvalue weighted by Gasteiger charge is -2.21. The van der Waals surface area contributed by atoms with Gasteiger partial charge < -0.3 is 9.64 Å². The molecule has 7 heteroatoms. The number of benzene rings is 1. The number of ether oxygens (including phenoxy) is 1. The van der Waals surface area contributed by atoms with Gasteiger partial charge in [-0.1, -0.05) is 11.8 Å². The third-order valence-electron chi connectivity index (χ3n) is 4.78. The fourth-order valence-corrected chi connectivity index (χ4v) is 4.27. The minimum absolute atomic E-state index is 0.109. The van der Waals surface area contributed by atoms with Gasteiger partial charge >= 0.3 is 0 Å². The van der Waals surface area contributed by atoms with E-state index in [1.54, 1.807) is 0 Å². The van der Waals surface area contributed by atoms with Crippen molar-refractivity contribution in [2.45, 2.75) is 18.8 Å². The van der Waals surface area contributed by atoms with Crippen LogP contribution in [0.5, 0.6) is 5.88 Å². The van der Waals surface area contributed by atoms with Crippen LogP contribution in [0.25, 0.3) is 0 Å². The molecule has 2 aliphatic rings. The summed E-state index contributed by atoms with van der Waals surface area (Å²) in [6.45, 7) is 3.42. The number of hydrogen-bond donors (Lipinski definition) is 0. The van der Waals surface area contributed by atoms with Crippen molar-refractivity contribution >= 4 is 11.7 Å². The molecule has 2 bridgehead atoms. The summed E-state index contributed by atoms with van der Waals surface area (Å²) < 4.78 is 40.6. The molecular weight excluding hydrogens is 344 g/mol. The van der Waals surface area contributed by atoms with Gasteiger partial charge in [-0.25, -0.2) is 8.78 Å². The summed E-state index contributed by atoms with van der Waals surface area (Å²) in [4.78, 5) is 2.47. The molecule has 3 heterocycles. The van der Waals surface area contributed by atoms with Crippen LogP contribution in [-0.4, -0.2) is 39.9 Å². The van der Waals surface area contributed by atoms with E-state index < -0.39 is 11.6 Å². The maximum atomic E-state index is 13.1. The SMILES string of the molecule is Fc1cc(F)cc(C#CCOc2nsnc2[C@H]2CN3CCC[C@H]2C3)c1. The lowest BCUT2D eigenvalue weighted by atomic mass is 9.89. The number of nitrogens with zero attached hydrogens (tertiary/aromatic N) is 3. The molecule has 2 saturated heterocycles. The highest BCUT2D eigenvalue weighted by molar-refractivity contribution is 6.99. The van der Waals surface area contributed by atoms with E-state index in [9.17, 15) is 8.78 Å². The summed E-state index contributed by atoms with van der Waals surface area (Å²) in [6.07, 6.45) is 2.47. The van der Waals surface area contributed by atoms with Gasteiger partial charge in [-0.05, 0) is 37.4 Å². The van der Waals surface area contributed by atoms with E-state index in [2.05, 4.69) is 25.5 Å². The number of hydrogen-bond acceptors (Lipinski definition) is 5. The molecule has 4 nitrogen and oxygen atoms in total. The summed E-state index contributed by atoms with van der Waals surface area (Å²) in [5.41, 5.74) is 1.22. The minimum Gasteiger partial charge on any atom is -0.463 e. The van der Waals surface area contributed by atoms with E-state index in [0.29, 0.717) is 17.7 Å². The Balaban J connectivity index is 1.41. The van der Waals surface area contributed by atoms with Crippen molar-refractivity contribution in [1.29, 1.82) is 0 Å². The molecule has 0 saturated carbocycles.